The van der Waals surface area contributed by atoms with E-state index in [2.05, 4.69) is 20.9 Å². The quantitative estimate of drug-likeness (QED) is 0.702. The van der Waals surface area contributed by atoms with E-state index in [9.17, 15) is 4.79 Å². The van der Waals surface area contributed by atoms with Crippen molar-refractivity contribution in [1.82, 2.24) is 19.4 Å². The Morgan fingerprint density at radius 3 is 2.54 bits per heavy atom. The van der Waals surface area contributed by atoms with E-state index in [1.165, 1.54) is 4.88 Å². The molecular weight excluding hydrogens is 368 g/mol. The van der Waals surface area contributed by atoms with Gasteiger partial charge in [0.2, 0.25) is 0 Å². The highest BCUT2D eigenvalue weighted by Gasteiger charge is 2.17. The minimum atomic E-state index is -0.00868. The van der Waals surface area contributed by atoms with Crippen molar-refractivity contribution in [1.29, 1.82) is 0 Å². The van der Waals surface area contributed by atoms with Gasteiger partial charge in [-0.05, 0) is 37.2 Å². The lowest BCUT2D eigenvalue weighted by molar-refractivity contribution is 0.126. The van der Waals surface area contributed by atoms with Crippen molar-refractivity contribution >= 4 is 34.0 Å². The van der Waals surface area contributed by atoms with Crippen LogP contribution < -0.4 is 5.69 Å². The van der Waals surface area contributed by atoms with Crippen molar-refractivity contribution < 1.29 is 0 Å². The molecule has 0 aliphatic carbocycles. The van der Waals surface area contributed by atoms with E-state index in [1.807, 2.05) is 34.9 Å². The molecule has 2 aromatic heterocycles. The molecule has 0 saturated carbocycles. The van der Waals surface area contributed by atoms with Crippen molar-refractivity contribution in [3.8, 4) is 0 Å². The Balaban J connectivity index is 1.25. The standard InChI is InChI=1S/C19H23ClN4OS/c20-18-7-6-15(26-18)14-23-12-10-22(11-13-23)8-3-9-24-17-5-2-1-4-16(17)21-19(24)25/h1-2,4-7H,3,8-14H2,(H,21,25). The highest BCUT2D eigenvalue weighted by Crippen LogP contribution is 2.23. The van der Waals surface area contributed by atoms with Crippen LogP contribution in [0.25, 0.3) is 11.0 Å². The van der Waals surface area contributed by atoms with Gasteiger partial charge >= 0.3 is 5.69 Å². The molecule has 4 rings (SSSR count). The number of piperazine rings is 1. The van der Waals surface area contributed by atoms with Crippen molar-refractivity contribution in [2.75, 3.05) is 32.7 Å². The van der Waals surface area contributed by atoms with Gasteiger partial charge in [0.05, 0.1) is 15.4 Å². The zero-order chi connectivity index (χ0) is 17.9. The molecule has 0 bridgehead atoms. The molecule has 0 spiro atoms. The van der Waals surface area contributed by atoms with Crippen LogP contribution in [0.2, 0.25) is 4.34 Å². The molecule has 0 atom stereocenters. The normalized spacial score (nSPS) is 16.5. The molecule has 0 amide bonds. The van der Waals surface area contributed by atoms with Gasteiger partial charge in [-0.3, -0.25) is 9.47 Å². The summed E-state index contributed by atoms with van der Waals surface area (Å²) in [5, 5.41) is 0. The van der Waals surface area contributed by atoms with Crippen LogP contribution in [0, 0.1) is 0 Å². The van der Waals surface area contributed by atoms with E-state index in [0.717, 1.165) is 67.6 Å². The lowest BCUT2D eigenvalue weighted by atomic mass is 10.2. The molecule has 138 valence electrons. The van der Waals surface area contributed by atoms with E-state index < -0.39 is 0 Å². The second-order valence-corrected chi connectivity index (χ2v) is 8.58. The highest BCUT2D eigenvalue weighted by molar-refractivity contribution is 7.16. The van der Waals surface area contributed by atoms with Gasteiger partial charge in [-0.1, -0.05) is 23.7 Å². The largest absolute Gasteiger partial charge is 0.326 e. The van der Waals surface area contributed by atoms with Gasteiger partial charge in [0, 0.05) is 44.1 Å². The number of para-hydroxylation sites is 2. The van der Waals surface area contributed by atoms with E-state index in [4.69, 9.17) is 11.6 Å². The third-order valence-corrected chi connectivity index (χ3v) is 6.23. The first kappa shape index (κ1) is 17.8. The first-order valence-electron chi connectivity index (χ1n) is 9.05. The van der Waals surface area contributed by atoms with Crippen molar-refractivity contribution in [3.63, 3.8) is 0 Å². The number of hydrogen-bond donors (Lipinski definition) is 1. The smallest absolute Gasteiger partial charge is 0.306 e. The zero-order valence-corrected chi connectivity index (χ0v) is 16.2. The Bertz CT molecular complexity index is 923. The number of thiophene rings is 1. The third kappa shape index (κ3) is 4.04. The number of aromatic amines is 1. The maximum Gasteiger partial charge on any atom is 0.326 e. The van der Waals surface area contributed by atoms with Gasteiger partial charge in [-0.25, -0.2) is 4.79 Å². The first-order chi connectivity index (χ1) is 12.7. The lowest BCUT2D eigenvalue weighted by Gasteiger charge is -2.34. The molecule has 3 heterocycles. The van der Waals surface area contributed by atoms with Crippen molar-refractivity contribution in [2.24, 2.45) is 0 Å². The highest BCUT2D eigenvalue weighted by atomic mass is 35.5. The van der Waals surface area contributed by atoms with Crippen LogP contribution in [0.1, 0.15) is 11.3 Å². The van der Waals surface area contributed by atoms with Crippen molar-refractivity contribution in [2.45, 2.75) is 19.5 Å². The number of benzene rings is 1. The van der Waals surface area contributed by atoms with Crippen LogP contribution >= 0.6 is 22.9 Å². The third-order valence-electron chi connectivity index (χ3n) is 5.01. The maximum atomic E-state index is 12.1. The summed E-state index contributed by atoms with van der Waals surface area (Å²) >= 11 is 7.69. The van der Waals surface area contributed by atoms with E-state index in [0.29, 0.717) is 0 Å². The van der Waals surface area contributed by atoms with Crippen LogP contribution in [0.3, 0.4) is 0 Å². The molecule has 0 radical (unpaired) electrons. The molecule has 5 nitrogen and oxygen atoms in total. The number of nitrogens with one attached hydrogen (secondary N) is 1. The number of hydrogen-bond acceptors (Lipinski definition) is 4. The zero-order valence-electron chi connectivity index (χ0n) is 14.7. The maximum absolute atomic E-state index is 12.1. The minimum absolute atomic E-state index is 0.00868. The molecule has 1 fully saturated rings. The summed E-state index contributed by atoms with van der Waals surface area (Å²) in [5.41, 5.74) is 1.90. The minimum Gasteiger partial charge on any atom is -0.306 e. The van der Waals surface area contributed by atoms with Crippen molar-refractivity contribution in [3.05, 3.63) is 56.1 Å². The molecule has 1 aliphatic heterocycles. The van der Waals surface area contributed by atoms with E-state index >= 15 is 0 Å². The topological polar surface area (TPSA) is 44.3 Å². The van der Waals surface area contributed by atoms with E-state index in [1.54, 1.807) is 11.3 Å². The van der Waals surface area contributed by atoms with Gasteiger partial charge in [-0.2, -0.15) is 0 Å². The Hall–Kier alpha value is -1.60. The average molecular weight is 391 g/mol. The average Bonchev–Trinajstić information content (AvgIpc) is 3.19. The molecular formula is C19H23ClN4OS. The number of H-pyrrole nitrogens is 1. The van der Waals surface area contributed by atoms with Gasteiger partial charge in [0.1, 0.15) is 0 Å². The fourth-order valence-electron chi connectivity index (χ4n) is 3.61. The molecule has 1 aromatic carbocycles. The van der Waals surface area contributed by atoms with Gasteiger partial charge in [0.25, 0.3) is 0 Å². The summed E-state index contributed by atoms with van der Waals surface area (Å²) in [7, 11) is 0. The Morgan fingerprint density at radius 2 is 1.77 bits per heavy atom. The summed E-state index contributed by atoms with van der Waals surface area (Å²) < 4.78 is 2.72. The predicted molar refractivity (Wildman–Crippen MR) is 108 cm³/mol. The SMILES string of the molecule is O=c1[nH]c2ccccc2n1CCCN1CCN(Cc2ccc(Cl)s2)CC1. The number of aryl methyl sites for hydroxylation is 1. The molecule has 26 heavy (non-hydrogen) atoms. The number of aromatic nitrogens is 2. The number of rotatable bonds is 6. The van der Waals surface area contributed by atoms with Crippen LogP contribution in [-0.2, 0) is 13.1 Å². The van der Waals surface area contributed by atoms with Crippen LogP contribution in [0.4, 0.5) is 0 Å². The Morgan fingerprint density at radius 1 is 1.00 bits per heavy atom. The summed E-state index contributed by atoms with van der Waals surface area (Å²) in [4.78, 5) is 21.4. The molecule has 1 N–H and O–H groups in total. The Labute approximate surface area is 161 Å². The molecule has 1 aliphatic rings. The summed E-state index contributed by atoms with van der Waals surface area (Å²) in [6.07, 6.45) is 0.988. The molecule has 3 aromatic rings. The fraction of sp³-hybridized carbons (Fsp3) is 0.421. The molecule has 1 saturated heterocycles. The lowest BCUT2D eigenvalue weighted by Crippen LogP contribution is -2.46. The molecule has 7 heteroatoms. The second kappa shape index (κ2) is 7.96. The number of fused-ring (bicyclic) bond motifs is 1. The second-order valence-electron chi connectivity index (χ2n) is 6.78. The Kier molecular flexibility index (Phi) is 5.45. The van der Waals surface area contributed by atoms with Gasteiger partial charge in [0.15, 0.2) is 0 Å². The fourth-order valence-corrected chi connectivity index (χ4v) is 4.74. The molecule has 0 unspecified atom stereocenters. The van der Waals surface area contributed by atoms with Gasteiger partial charge < -0.3 is 9.88 Å². The summed E-state index contributed by atoms with van der Waals surface area (Å²) in [6, 6.07) is 12.0. The van der Waals surface area contributed by atoms with Crippen LogP contribution in [-0.4, -0.2) is 52.1 Å². The first-order valence-corrected chi connectivity index (χ1v) is 10.2. The monoisotopic (exact) mass is 390 g/mol. The summed E-state index contributed by atoms with van der Waals surface area (Å²) in [5.74, 6) is 0. The summed E-state index contributed by atoms with van der Waals surface area (Å²) in [6.45, 7) is 7.13. The number of halogens is 1. The van der Waals surface area contributed by atoms with E-state index in [-0.39, 0.29) is 5.69 Å². The predicted octanol–water partition coefficient (Wildman–Crippen LogP) is 3.25. The van der Waals surface area contributed by atoms with Crippen LogP contribution in [0.5, 0.6) is 0 Å². The van der Waals surface area contributed by atoms with Crippen LogP contribution in [0.15, 0.2) is 41.2 Å². The number of imidazole rings is 1. The van der Waals surface area contributed by atoms with Gasteiger partial charge in [-0.15, -0.1) is 11.3 Å². The number of nitrogens with zero attached hydrogens (tertiary/aromatic N) is 3.